The van der Waals surface area contributed by atoms with Gasteiger partial charge in [0.2, 0.25) is 11.8 Å². The molecule has 3 aromatic rings. The first-order valence-corrected chi connectivity index (χ1v) is 15.5. The highest BCUT2D eigenvalue weighted by atomic mass is 16.5. The standard InChI is InChI=1S/C36H37N5O5/c1-23(38-33(27-10-6-15-37-21-27)28-19-25-7-3-4-8-26(25)20-28)22-46-18-17-40(2)16-14-24-9-5-11-29-32(24)36(45)41(35(29)44)30-12-13-31(42)39-34(30)43/h3-11,15,19,21,30,33,38H,1,12-14,16-18,20,22H2,2H3,(H,39,42,43). The van der Waals surface area contributed by atoms with Crippen molar-refractivity contribution in [3.05, 3.63) is 118 Å². The number of piperidine rings is 1. The summed E-state index contributed by atoms with van der Waals surface area (Å²) in [7, 11) is 1.98. The third-order valence-electron chi connectivity index (χ3n) is 8.74. The number of nitrogens with one attached hydrogen (secondary N) is 2. The van der Waals surface area contributed by atoms with Gasteiger partial charge in [-0.05, 0) is 66.3 Å². The highest BCUT2D eigenvalue weighted by Gasteiger charge is 2.45. The molecule has 0 saturated carbocycles. The number of likely N-dealkylation sites (N-methyl/N-ethyl adjacent to an activating group) is 1. The average molecular weight is 620 g/mol. The van der Waals surface area contributed by atoms with E-state index >= 15 is 0 Å². The Labute approximate surface area is 268 Å². The number of hydrogen-bond donors (Lipinski definition) is 2. The van der Waals surface area contributed by atoms with Gasteiger partial charge in [0, 0.05) is 37.6 Å². The molecule has 2 aromatic carbocycles. The van der Waals surface area contributed by atoms with Crippen LogP contribution in [0.1, 0.15) is 61.9 Å². The first-order valence-electron chi connectivity index (χ1n) is 15.5. The summed E-state index contributed by atoms with van der Waals surface area (Å²) in [5, 5.41) is 5.80. The van der Waals surface area contributed by atoms with Gasteiger partial charge in [-0.3, -0.25) is 34.4 Å². The van der Waals surface area contributed by atoms with Crippen LogP contribution in [0.15, 0.2) is 84.8 Å². The van der Waals surface area contributed by atoms with E-state index in [0.29, 0.717) is 43.9 Å². The zero-order valence-electron chi connectivity index (χ0n) is 25.8. The quantitative estimate of drug-likeness (QED) is 0.221. The lowest BCUT2D eigenvalue weighted by atomic mass is 9.98. The number of amides is 4. The van der Waals surface area contributed by atoms with Crippen molar-refractivity contribution in [1.29, 1.82) is 0 Å². The smallest absolute Gasteiger partial charge is 0.262 e. The molecule has 10 nitrogen and oxygen atoms in total. The van der Waals surface area contributed by atoms with E-state index in [1.807, 2.05) is 25.4 Å². The van der Waals surface area contributed by atoms with Gasteiger partial charge in [-0.1, -0.05) is 55.1 Å². The molecule has 0 spiro atoms. The van der Waals surface area contributed by atoms with E-state index in [-0.39, 0.29) is 18.9 Å². The van der Waals surface area contributed by atoms with Gasteiger partial charge in [-0.25, -0.2) is 0 Å². The zero-order valence-corrected chi connectivity index (χ0v) is 25.8. The molecule has 1 aliphatic carbocycles. The predicted molar refractivity (Wildman–Crippen MR) is 173 cm³/mol. The van der Waals surface area contributed by atoms with Crippen molar-refractivity contribution in [3.63, 3.8) is 0 Å². The lowest BCUT2D eigenvalue weighted by Gasteiger charge is -2.27. The van der Waals surface area contributed by atoms with E-state index < -0.39 is 29.7 Å². The molecule has 3 aliphatic rings. The molecule has 0 radical (unpaired) electrons. The van der Waals surface area contributed by atoms with Crippen LogP contribution in [0.2, 0.25) is 0 Å². The molecule has 10 heteroatoms. The second kappa shape index (κ2) is 13.6. The van der Waals surface area contributed by atoms with Crippen molar-refractivity contribution in [2.24, 2.45) is 0 Å². The van der Waals surface area contributed by atoms with Gasteiger partial charge in [0.25, 0.3) is 11.8 Å². The van der Waals surface area contributed by atoms with Crippen LogP contribution in [-0.2, 0) is 27.2 Å². The summed E-state index contributed by atoms with van der Waals surface area (Å²) in [6.07, 6.45) is 7.51. The number of rotatable bonds is 13. The monoisotopic (exact) mass is 619 g/mol. The maximum Gasteiger partial charge on any atom is 0.262 e. The van der Waals surface area contributed by atoms with Crippen LogP contribution in [0.5, 0.6) is 0 Å². The third-order valence-corrected chi connectivity index (χ3v) is 8.74. The van der Waals surface area contributed by atoms with Crippen LogP contribution >= 0.6 is 0 Å². The second-order valence-electron chi connectivity index (χ2n) is 12.0. The Morgan fingerprint density at radius 2 is 1.93 bits per heavy atom. The van der Waals surface area contributed by atoms with Crippen molar-refractivity contribution in [1.82, 2.24) is 25.4 Å². The lowest BCUT2D eigenvalue weighted by molar-refractivity contribution is -0.136. The van der Waals surface area contributed by atoms with Gasteiger partial charge < -0.3 is 15.0 Å². The summed E-state index contributed by atoms with van der Waals surface area (Å²) in [4.78, 5) is 57.9. The van der Waals surface area contributed by atoms with Gasteiger partial charge in [0.15, 0.2) is 0 Å². The number of carbonyl (C=O) groups is 4. The maximum atomic E-state index is 13.4. The van der Waals surface area contributed by atoms with E-state index in [1.54, 1.807) is 18.3 Å². The van der Waals surface area contributed by atoms with E-state index in [9.17, 15) is 19.2 Å². The highest BCUT2D eigenvalue weighted by Crippen LogP contribution is 2.34. The summed E-state index contributed by atoms with van der Waals surface area (Å²) in [5.41, 5.74) is 7.03. The molecule has 2 atom stereocenters. The fourth-order valence-electron chi connectivity index (χ4n) is 6.31. The molecule has 1 aromatic heterocycles. The van der Waals surface area contributed by atoms with Crippen molar-refractivity contribution < 1.29 is 23.9 Å². The maximum absolute atomic E-state index is 13.4. The molecule has 1 fully saturated rings. The van der Waals surface area contributed by atoms with Gasteiger partial charge in [-0.15, -0.1) is 0 Å². The van der Waals surface area contributed by atoms with Crippen molar-refractivity contribution in [2.75, 3.05) is 33.4 Å². The first-order chi connectivity index (χ1) is 22.3. The van der Waals surface area contributed by atoms with E-state index in [2.05, 4.69) is 63.5 Å². The lowest BCUT2D eigenvalue weighted by Crippen LogP contribution is -2.54. The number of pyridine rings is 1. The van der Waals surface area contributed by atoms with Gasteiger partial charge in [0.05, 0.1) is 30.4 Å². The largest absolute Gasteiger partial charge is 0.376 e. The number of benzene rings is 2. The molecule has 2 unspecified atom stereocenters. The van der Waals surface area contributed by atoms with E-state index in [1.165, 1.54) is 16.7 Å². The number of ether oxygens (including phenoxy) is 1. The first kappa shape index (κ1) is 31.1. The summed E-state index contributed by atoms with van der Waals surface area (Å²) in [6.45, 7) is 6.35. The Hall–Kier alpha value is -4.93. The molecule has 2 aliphatic heterocycles. The van der Waals surface area contributed by atoms with Gasteiger partial charge in [0.1, 0.15) is 6.04 Å². The molecule has 46 heavy (non-hydrogen) atoms. The SMILES string of the molecule is C=C(COCCN(C)CCc1cccc2c1C(=O)N(C1CCC(=O)NC1=O)C2=O)NC(C1=Cc2ccccc2C1)c1cccnc1. The highest BCUT2D eigenvalue weighted by molar-refractivity contribution is 6.24. The molecule has 236 valence electrons. The van der Waals surface area contributed by atoms with Crippen molar-refractivity contribution in [2.45, 2.75) is 37.8 Å². The van der Waals surface area contributed by atoms with Gasteiger partial charge >= 0.3 is 0 Å². The van der Waals surface area contributed by atoms with Gasteiger partial charge in [-0.2, -0.15) is 0 Å². The van der Waals surface area contributed by atoms with Crippen LogP contribution in [0.3, 0.4) is 0 Å². The molecule has 1 saturated heterocycles. The van der Waals surface area contributed by atoms with Crippen LogP contribution in [-0.4, -0.2) is 77.8 Å². The predicted octanol–water partition coefficient (Wildman–Crippen LogP) is 3.46. The van der Waals surface area contributed by atoms with Crippen molar-refractivity contribution in [3.8, 4) is 0 Å². The van der Waals surface area contributed by atoms with Crippen molar-refractivity contribution >= 4 is 29.7 Å². The fourth-order valence-corrected chi connectivity index (χ4v) is 6.31. The normalized spacial score (nSPS) is 17.9. The summed E-state index contributed by atoms with van der Waals surface area (Å²) in [5.74, 6) is -1.98. The second-order valence-corrected chi connectivity index (χ2v) is 12.0. The van der Waals surface area contributed by atoms with Crippen LogP contribution in [0.4, 0.5) is 0 Å². The average Bonchev–Trinajstić information content (AvgIpc) is 3.60. The van der Waals surface area contributed by atoms with Crippen LogP contribution in [0, 0.1) is 0 Å². The molecular formula is C36H37N5O5. The van der Waals surface area contributed by atoms with Crippen LogP contribution < -0.4 is 10.6 Å². The Bertz CT molecular complexity index is 1720. The molecule has 2 N–H and O–H groups in total. The molecule has 4 amide bonds. The Balaban J connectivity index is 0.991. The fraction of sp³-hybridized carbons (Fsp3) is 0.306. The number of fused-ring (bicyclic) bond motifs is 2. The molecular weight excluding hydrogens is 582 g/mol. The Kier molecular flexibility index (Phi) is 9.18. The summed E-state index contributed by atoms with van der Waals surface area (Å²) >= 11 is 0. The number of aromatic nitrogens is 1. The topological polar surface area (TPSA) is 121 Å². The minimum Gasteiger partial charge on any atom is -0.376 e. The Morgan fingerprint density at radius 3 is 2.72 bits per heavy atom. The minimum atomic E-state index is -0.979. The zero-order chi connectivity index (χ0) is 32.2. The summed E-state index contributed by atoms with van der Waals surface area (Å²) in [6, 6.07) is 16.6. The van der Waals surface area contributed by atoms with E-state index in [4.69, 9.17) is 4.74 Å². The Morgan fingerprint density at radius 1 is 1.09 bits per heavy atom. The minimum absolute atomic E-state index is 0.0621. The summed E-state index contributed by atoms with van der Waals surface area (Å²) < 4.78 is 5.98. The van der Waals surface area contributed by atoms with Crippen LogP contribution in [0.25, 0.3) is 6.08 Å². The van der Waals surface area contributed by atoms with E-state index in [0.717, 1.165) is 28.1 Å². The molecule has 3 heterocycles. The third kappa shape index (κ3) is 6.54. The number of imide groups is 2. The number of hydrogen-bond acceptors (Lipinski definition) is 8. The number of nitrogens with zero attached hydrogens (tertiary/aromatic N) is 3. The molecule has 0 bridgehead atoms. The molecule has 6 rings (SSSR count). The number of carbonyl (C=O) groups excluding carboxylic acids is 4.